The third kappa shape index (κ3) is 3.30. The van der Waals surface area contributed by atoms with Gasteiger partial charge in [0.25, 0.3) is 5.91 Å². The monoisotopic (exact) mass is 419 g/mol. The Labute approximate surface area is 172 Å². The summed E-state index contributed by atoms with van der Waals surface area (Å²) >= 11 is 0. The standard InChI is InChI=1S/C20H29N5O3S/c1-23-13-25(18-16-7-8-21-19(16)22-11-17(18)20(23)26)15-5-3-14(4-6-15)12-24-9-2-10-29(24,27)28/h7-8,11,14-15,27-28H,2-6,9-10,12-13H2,1H3,(H,21,22). The number of aromatic nitrogens is 2. The number of hydrogen-bond acceptors (Lipinski definition) is 6. The molecule has 1 aliphatic carbocycles. The van der Waals surface area contributed by atoms with Crippen LogP contribution in [0.15, 0.2) is 18.5 Å². The number of anilines is 1. The normalized spacial score (nSPS) is 28.7. The summed E-state index contributed by atoms with van der Waals surface area (Å²) in [6.07, 6.45) is 8.69. The maximum Gasteiger partial charge on any atom is 0.258 e. The highest BCUT2D eigenvalue weighted by Gasteiger charge is 2.37. The Balaban J connectivity index is 1.34. The highest BCUT2D eigenvalue weighted by molar-refractivity contribution is 8.22. The van der Waals surface area contributed by atoms with Gasteiger partial charge in [-0.1, -0.05) is 0 Å². The van der Waals surface area contributed by atoms with Crippen LogP contribution in [0.3, 0.4) is 0 Å². The molecule has 2 fully saturated rings. The lowest BCUT2D eigenvalue weighted by Gasteiger charge is -2.45. The van der Waals surface area contributed by atoms with Crippen LogP contribution in [0.2, 0.25) is 0 Å². The molecule has 2 aromatic heterocycles. The van der Waals surface area contributed by atoms with E-state index in [0.29, 0.717) is 29.9 Å². The van der Waals surface area contributed by atoms with Crippen LogP contribution < -0.4 is 4.90 Å². The van der Waals surface area contributed by atoms with Gasteiger partial charge in [0.1, 0.15) is 5.65 Å². The molecule has 3 N–H and O–H groups in total. The predicted octanol–water partition coefficient (Wildman–Crippen LogP) is 3.34. The van der Waals surface area contributed by atoms with Crippen molar-refractivity contribution in [1.29, 1.82) is 0 Å². The van der Waals surface area contributed by atoms with Crippen molar-refractivity contribution in [3.8, 4) is 0 Å². The fourth-order valence-corrected chi connectivity index (χ4v) is 6.82. The SMILES string of the molecule is CN1CN(C2CCC(CN3CCCS3(O)O)CC2)c2c(cnc3[nH]ccc23)C1=O. The zero-order valence-corrected chi connectivity index (χ0v) is 17.6. The largest absolute Gasteiger partial charge is 0.349 e. The molecule has 8 nitrogen and oxygen atoms in total. The number of carbonyl (C=O) groups is 1. The predicted molar refractivity (Wildman–Crippen MR) is 115 cm³/mol. The summed E-state index contributed by atoms with van der Waals surface area (Å²) in [5, 5.41) is 1.01. The van der Waals surface area contributed by atoms with Crippen LogP contribution in [0, 0.1) is 5.92 Å². The molecule has 1 saturated carbocycles. The molecule has 9 heteroatoms. The van der Waals surface area contributed by atoms with Crippen molar-refractivity contribution in [2.75, 3.05) is 37.5 Å². The Hall–Kier alpha value is -1.81. The lowest BCUT2D eigenvalue weighted by atomic mass is 9.84. The van der Waals surface area contributed by atoms with Gasteiger partial charge in [-0.3, -0.25) is 13.9 Å². The summed E-state index contributed by atoms with van der Waals surface area (Å²) in [6.45, 7) is 2.18. The Morgan fingerprint density at radius 2 is 2.07 bits per heavy atom. The first kappa shape index (κ1) is 19.2. The molecule has 3 aliphatic rings. The van der Waals surface area contributed by atoms with Gasteiger partial charge in [0.05, 0.1) is 23.7 Å². The molecule has 0 atom stereocenters. The van der Waals surface area contributed by atoms with Gasteiger partial charge < -0.3 is 14.8 Å². The quantitative estimate of drug-likeness (QED) is 0.706. The molecule has 0 aromatic carbocycles. The summed E-state index contributed by atoms with van der Waals surface area (Å²) in [5.41, 5.74) is 2.51. The Morgan fingerprint density at radius 3 is 2.79 bits per heavy atom. The molecule has 5 rings (SSSR count). The zero-order chi connectivity index (χ0) is 20.2. The van der Waals surface area contributed by atoms with E-state index in [9.17, 15) is 13.9 Å². The molecule has 158 valence electrons. The van der Waals surface area contributed by atoms with E-state index in [2.05, 4.69) is 14.9 Å². The van der Waals surface area contributed by atoms with E-state index < -0.39 is 10.8 Å². The Kier molecular flexibility index (Phi) is 4.73. The molecule has 0 unspecified atom stereocenters. The maximum atomic E-state index is 12.7. The van der Waals surface area contributed by atoms with Gasteiger partial charge in [0.2, 0.25) is 0 Å². The van der Waals surface area contributed by atoms with Crippen LogP contribution in [0.5, 0.6) is 0 Å². The molecule has 0 radical (unpaired) electrons. The number of carbonyl (C=O) groups excluding carboxylic acids is 1. The topological polar surface area (TPSA) is 95.9 Å². The third-order valence-electron chi connectivity index (χ3n) is 6.75. The molecule has 1 amide bonds. The van der Waals surface area contributed by atoms with Gasteiger partial charge in [0, 0.05) is 44.0 Å². The number of pyridine rings is 1. The molecule has 2 aliphatic heterocycles. The van der Waals surface area contributed by atoms with E-state index in [-0.39, 0.29) is 5.91 Å². The van der Waals surface area contributed by atoms with Crippen LogP contribution >= 0.6 is 10.8 Å². The number of fused-ring (bicyclic) bond motifs is 3. The van der Waals surface area contributed by atoms with Crippen molar-refractivity contribution in [1.82, 2.24) is 19.2 Å². The number of rotatable bonds is 3. The van der Waals surface area contributed by atoms with E-state index in [1.165, 1.54) is 0 Å². The van der Waals surface area contributed by atoms with Crippen molar-refractivity contribution < 1.29 is 13.9 Å². The smallest absolute Gasteiger partial charge is 0.258 e. The first-order valence-corrected chi connectivity index (χ1v) is 12.1. The van der Waals surface area contributed by atoms with Crippen LogP contribution in [0.25, 0.3) is 11.0 Å². The van der Waals surface area contributed by atoms with E-state index >= 15 is 0 Å². The van der Waals surface area contributed by atoms with Gasteiger partial charge >= 0.3 is 0 Å². The van der Waals surface area contributed by atoms with Gasteiger partial charge in [-0.25, -0.2) is 9.29 Å². The van der Waals surface area contributed by atoms with Crippen LogP contribution in [-0.4, -0.2) is 72.8 Å². The number of hydrogen-bond donors (Lipinski definition) is 3. The first-order chi connectivity index (χ1) is 13.9. The van der Waals surface area contributed by atoms with Crippen molar-refractivity contribution in [3.63, 3.8) is 0 Å². The molecular weight excluding hydrogens is 390 g/mol. The third-order valence-corrected chi connectivity index (χ3v) is 8.74. The van der Waals surface area contributed by atoms with Crippen molar-refractivity contribution >= 4 is 33.4 Å². The van der Waals surface area contributed by atoms with Crippen molar-refractivity contribution in [2.45, 2.75) is 38.1 Å². The minimum absolute atomic E-state index is 0.0276. The lowest BCUT2D eigenvalue weighted by molar-refractivity contribution is 0.0774. The average Bonchev–Trinajstić information content (AvgIpc) is 3.31. The van der Waals surface area contributed by atoms with Crippen molar-refractivity contribution in [2.24, 2.45) is 5.92 Å². The molecular formula is C20H29N5O3S. The highest BCUT2D eigenvalue weighted by Crippen LogP contribution is 2.49. The Morgan fingerprint density at radius 1 is 1.28 bits per heavy atom. The molecule has 0 spiro atoms. The Bertz CT molecular complexity index is 924. The fraction of sp³-hybridized carbons (Fsp3) is 0.600. The fourth-order valence-electron chi connectivity index (χ4n) is 5.17. The highest BCUT2D eigenvalue weighted by atomic mass is 32.3. The van der Waals surface area contributed by atoms with Crippen LogP contribution in [-0.2, 0) is 0 Å². The molecule has 0 bridgehead atoms. The lowest BCUT2D eigenvalue weighted by Crippen LogP contribution is -2.50. The second-order valence-electron chi connectivity index (χ2n) is 8.63. The van der Waals surface area contributed by atoms with E-state index in [4.69, 9.17) is 0 Å². The number of aromatic amines is 1. The molecule has 4 heterocycles. The number of nitrogens with one attached hydrogen (secondary N) is 1. The molecule has 1 saturated heterocycles. The number of H-pyrrole nitrogens is 1. The van der Waals surface area contributed by atoms with Gasteiger partial charge in [0.15, 0.2) is 0 Å². The second kappa shape index (κ2) is 7.16. The summed E-state index contributed by atoms with van der Waals surface area (Å²) < 4.78 is 22.3. The minimum atomic E-state index is -2.52. The minimum Gasteiger partial charge on any atom is -0.349 e. The van der Waals surface area contributed by atoms with E-state index in [1.807, 2.05) is 23.6 Å². The van der Waals surface area contributed by atoms with Gasteiger partial charge in [-0.05, 0) is 44.1 Å². The van der Waals surface area contributed by atoms with Crippen LogP contribution in [0.4, 0.5) is 5.69 Å². The van der Waals surface area contributed by atoms with Crippen molar-refractivity contribution in [3.05, 3.63) is 24.0 Å². The first-order valence-electron chi connectivity index (χ1n) is 10.4. The number of amides is 1. The zero-order valence-electron chi connectivity index (χ0n) is 16.8. The van der Waals surface area contributed by atoms with Gasteiger partial charge in [-0.15, -0.1) is 10.8 Å². The summed E-state index contributed by atoms with van der Waals surface area (Å²) in [7, 11) is -0.673. The average molecular weight is 420 g/mol. The summed E-state index contributed by atoms with van der Waals surface area (Å²) in [6, 6.07) is 2.39. The number of nitrogens with zero attached hydrogens (tertiary/aromatic N) is 4. The second-order valence-corrected chi connectivity index (χ2v) is 10.8. The van der Waals surface area contributed by atoms with Gasteiger partial charge in [-0.2, -0.15) is 0 Å². The summed E-state index contributed by atoms with van der Waals surface area (Å²) in [5.74, 6) is 1.05. The summed E-state index contributed by atoms with van der Waals surface area (Å²) in [4.78, 5) is 24.5. The van der Waals surface area contributed by atoms with Crippen LogP contribution in [0.1, 0.15) is 42.5 Å². The van der Waals surface area contributed by atoms with E-state index in [1.54, 1.807) is 11.1 Å². The molecule has 2 aromatic rings. The maximum absolute atomic E-state index is 12.7. The van der Waals surface area contributed by atoms with E-state index in [0.717, 1.165) is 61.9 Å². The molecule has 29 heavy (non-hydrogen) atoms.